The summed E-state index contributed by atoms with van der Waals surface area (Å²) in [6, 6.07) is 11.4. The van der Waals surface area contributed by atoms with Crippen LogP contribution in [0.3, 0.4) is 0 Å². The van der Waals surface area contributed by atoms with E-state index in [-0.39, 0.29) is 13.2 Å². The highest BCUT2D eigenvalue weighted by Gasteiger charge is 2.47. The topological polar surface area (TPSA) is 79.6 Å². The first-order valence-electron chi connectivity index (χ1n) is 8.20. The lowest BCUT2D eigenvalue weighted by molar-refractivity contribution is -0.152. The summed E-state index contributed by atoms with van der Waals surface area (Å²) < 4.78 is 10.3. The fourth-order valence-corrected chi connectivity index (χ4v) is 3.13. The molecule has 6 nitrogen and oxygen atoms in total. The highest BCUT2D eigenvalue weighted by atomic mass is 16.6. The predicted octanol–water partition coefficient (Wildman–Crippen LogP) is 3.05. The SMILES string of the molecule is CC[C@]1(C(=O)OC)CN(C(=O)OCc2ccccc2)CC/C1=C\C#N. The molecular weight excluding hydrogens is 320 g/mol. The zero-order chi connectivity index (χ0) is 18.3. The molecule has 0 spiro atoms. The van der Waals surface area contributed by atoms with Gasteiger partial charge in [0.1, 0.15) is 12.0 Å². The second-order valence-electron chi connectivity index (χ2n) is 5.94. The van der Waals surface area contributed by atoms with Crippen molar-refractivity contribution in [1.82, 2.24) is 4.90 Å². The summed E-state index contributed by atoms with van der Waals surface area (Å²) in [5.41, 5.74) is 0.609. The van der Waals surface area contributed by atoms with Gasteiger partial charge in [0, 0.05) is 19.2 Å². The maximum Gasteiger partial charge on any atom is 0.410 e. The molecule has 1 aliphatic heterocycles. The Balaban J connectivity index is 2.13. The Kier molecular flexibility index (Phi) is 6.18. The van der Waals surface area contributed by atoms with Crippen molar-refractivity contribution in [3.63, 3.8) is 0 Å². The lowest BCUT2D eigenvalue weighted by atomic mass is 9.73. The summed E-state index contributed by atoms with van der Waals surface area (Å²) in [5.74, 6) is -0.433. The van der Waals surface area contributed by atoms with Gasteiger partial charge in [-0.3, -0.25) is 4.79 Å². The number of methoxy groups -OCH3 is 1. The summed E-state index contributed by atoms with van der Waals surface area (Å²) in [6.45, 7) is 2.58. The predicted molar refractivity (Wildman–Crippen MR) is 91.3 cm³/mol. The Bertz CT molecular complexity index is 693. The quantitative estimate of drug-likeness (QED) is 0.620. The molecule has 1 amide bonds. The zero-order valence-electron chi connectivity index (χ0n) is 14.5. The molecule has 132 valence electrons. The molecule has 6 heteroatoms. The number of carbonyl (C=O) groups is 2. The second-order valence-corrected chi connectivity index (χ2v) is 5.94. The highest BCUT2D eigenvalue weighted by Crippen LogP contribution is 2.39. The van der Waals surface area contributed by atoms with Gasteiger partial charge in [0.2, 0.25) is 0 Å². The molecule has 1 aromatic carbocycles. The fourth-order valence-electron chi connectivity index (χ4n) is 3.13. The molecule has 1 atom stereocenters. The first-order chi connectivity index (χ1) is 12.1. The van der Waals surface area contributed by atoms with E-state index in [1.807, 2.05) is 43.3 Å². The van der Waals surface area contributed by atoms with Crippen molar-refractivity contribution >= 4 is 12.1 Å². The van der Waals surface area contributed by atoms with E-state index < -0.39 is 17.5 Å². The van der Waals surface area contributed by atoms with Gasteiger partial charge in [-0.25, -0.2) is 4.79 Å². The minimum Gasteiger partial charge on any atom is -0.468 e. The third kappa shape index (κ3) is 4.00. The van der Waals surface area contributed by atoms with Crippen molar-refractivity contribution in [2.45, 2.75) is 26.4 Å². The Hall–Kier alpha value is -2.81. The van der Waals surface area contributed by atoms with Gasteiger partial charge >= 0.3 is 12.1 Å². The maximum atomic E-state index is 12.4. The van der Waals surface area contributed by atoms with E-state index in [1.54, 1.807) is 0 Å². The monoisotopic (exact) mass is 342 g/mol. The van der Waals surface area contributed by atoms with Gasteiger partial charge in [-0.15, -0.1) is 0 Å². The molecule has 25 heavy (non-hydrogen) atoms. The van der Waals surface area contributed by atoms with Crippen LogP contribution in [0.25, 0.3) is 0 Å². The van der Waals surface area contributed by atoms with Gasteiger partial charge in [-0.2, -0.15) is 5.26 Å². The number of hydrogen-bond donors (Lipinski definition) is 0. The molecule has 0 radical (unpaired) electrons. The number of amides is 1. The van der Waals surface area contributed by atoms with Gasteiger partial charge in [0.15, 0.2) is 0 Å². The molecule has 1 fully saturated rings. The Morgan fingerprint density at radius 1 is 1.36 bits per heavy atom. The first kappa shape index (κ1) is 18.5. The van der Waals surface area contributed by atoms with Crippen LogP contribution in [0.15, 0.2) is 42.0 Å². The van der Waals surface area contributed by atoms with Crippen molar-refractivity contribution in [1.29, 1.82) is 5.26 Å². The number of esters is 1. The van der Waals surface area contributed by atoms with Crippen molar-refractivity contribution in [2.24, 2.45) is 5.41 Å². The number of ether oxygens (including phenoxy) is 2. The van der Waals surface area contributed by atoms with Crippen LogP contribution in [0, 0.1) is 16.7 Å². The van der Waals surface area contributed by atoms with E-state index in [1.165, 1.54) is 18.1 Å². The van der Waals surface area contributed by atoms with Crippen LogP contribution in [0.1, 0.15) is 25.3 Å². The minimum atomic E-state index is -0.992. The minimum absolute atomic E-state index is 0.150. The Morgan fingerprint density at radius 3 is 2.68 bits per heavy atom. The Labute approximate surface area is 147 Å². The van der Waals surface area contributed by atoms with Crippen molar-refractivity contribution < 1.29 is 19.1 Å². The van der Waals surface area contributed by atoms with E-state index in [9.17, 15) is 9.59 Å². The maximum absolute atomic E-state index is 12.4. The van der Waals surface area contributed by atoms with E-state index in [4.69, 9.17) is 14.7 Å². The van der Waals surface area contributed by atoms with Crippen LogP contribution < -0.4 is 0 Å². The average molecular weight is 342 g/mol. The number of rotatable bonds is 4. The number of nitrogens with zero attached hydrogens (tertiary/aromatic N) is 2. The molecule has 0 aromatic heterocycles. The lowest BCUT2D eigenvalue weighted by Crippen LogP contribution is -2.51. The highest BCUT2D eigenvalue weighted by molar-refractivity contribution is 5.82. The smallest absolute Gasteiger partial charge is 0.410 e. The summed E-state index contributed by atoms with van der Waals surface area (Å²) in [4.78, 5) is 26.3. The first-order valence-corrected chi connectivity index (χ1v) is 8.20. The molecule has 1 aliphatic rings. The molecule has 0 bridgehead atoms. The summed E-state index contributed by atoms with van der Waals surface area (Å²) in [5, 5.41) is 9.00. The van der Waals surface area contributed by atoms with Crippen molar-refractivity contribution in [3.05, 3.63) is 47.5 Å². The summed E-state index contributed by atoms with van der Waals surface area (Å²) in [6.07, 6.45) is 1.81. The van der Waals surface area contributed by atoms with E-state index in [2.05, 4.69) is 0 Å². The van der Waals surface area contributed by atoms with E-state index in [0.29, 0.717) is 25.0 Å². The molecule has 1 aromatic rings. The van der Waals surface area contributed by atoms with Crippen LogP contribution in [-0.2, 0) is 20.9 Å². The number of hydrogen-bond acceptors (Lipinski definition) is 5. The normalized spacial score (nSPS) is 21.5. The van der Waals surface area contributed by atoms with Crippen molar-refractivity contribution in [2.75, 3.05) is 20.2 Å². The number of benzene rings is 1. The van der Waals surface area contributed by atoms with E-state index >= 15 is 0 Å². The molecule has 0 N–H and O–H groups in total. The van der Waals surface area contributed by atoms with Crippen LogP contribution in [0.4, 0.5) is 4.79 Å². The van der Waals surface area contributed by atoms with Crippen LogP contribution >= 0.6 is 0 Å². The van der Waals surface area contributed by atoms with Crippen LogP contribution in [0.5, 0.6) is 0 Å². The van der Waals surface area contributed by atoms with Gasteiger partial charge in [0.25, 0.3) is 0 Å². The van der Waals surface area contributed by atoms with Gasteiger partial charge in [-0.1, -0.05) is 37.3 Å². The van der Waals surface area contributed by atoms with Gasteiger partial charge < -0.3 is 14.4 Å². The largest absolute Gasteiger partial charge is 0.468 e. The Morgan fingerprint density at radius 2 is 2.08 bits per heavy atom. The summed E-state index contributed by atoms with van der Waals surface area (Å²) >= 11 is 0. The molecule has 0 aliphatic carbocycles. The standard InChI is InChI=1S/C19H22N2O4/c1-3-19(17(22)24-2)14-21(12-10-16(19)9-11-20)18(23)25-13-15-7-5-4-6-8-15/h4-9H,3,10,12-14H2,1-2H3/b16-9+/t19-/m0/s1. The fraction of sp³-hybridized carbons (Fsp3) is 0.421. The zero-order valence-corrected chi connectivity index (χ0v) is 14.5. The van der Waals surface area contributed by atoms with Crippen LogP contribution in [-0.4, -0.2) is 37.2 Å². The van der Waals surface area contributed by atoms with Crippen molar-refractivity contribution in [3.8, 4) is 6.07 Å². The summed E-state index contributed by atoms with van der Waals surface area (Å²) in [7, 11) is 1.32. The number of nitriles is 1. The molecule has 1 saturated heterocycles. The molecule has 0 saturated carbocycles. The number of allylic oxidation sites excluding steroid dienone is 1. The number of piperidine rings is 1. The molecule has 0 unspecified atom stereocenters. The third-order valence-electron chi connectivity index (χ3n) is 4.61. The average Bonchev–Trinajstić information content (AvgIpc) is 2.66. The van der Waals surface area contributed by atoms with Gasteiger partial charge in [0.05, 0.1) is 13.2 Å². The van der Waals surface area contributed by atoms with E-state index in [0.717, 1.165) is 5.56 Å². The third-order valence-corrected chi connectivity index (χ3v) is 4.61. The molecular formula is C19H22N2O4. The number of likely N-dealkylation sites (tertiary alicyclic amines) is 1. The lowest BCUT2D eigenvalue weighted by Gasteiger charge is -2.41. The number of carbonyl (C=O) groups excluding carboxylic acids is 2. The van der Waals surface area contributed by atoms with Crippen LogP contribution in [0.2, 0.25) is 0 Å². The molecule has 1 heterocycles. The van der Waals surface area contributed by atoms with Gasteiger partial charge in [-0.05, 0) is 24.0 Å². The second kappa shape index (κ2) is 8.34. The molecule has 2 rings (SSSR count).